The molecule has 1 aromatic heterocycles. The third-order valence-corrected chi connectivity index (χ3v) is 4.83. The van der Waals surface area contributed by atoms with Gasteiger partial charge in [0.1, 0.15) is 13.6 Å². The first-order valence-electron chi connectivity index (χ1n) is 6.92. The van der Waals surface area contributed by atoms with E-state index in [2.05, 4.69) is 71.4 Å². The molecular weight excluding hydrogens is 345 g/mol. The largest absolute Gasteiger partial charge is 0.496 e. The lowest BCUT2D eigenvalue weighted by Gasteiger charge is -2.16. The van der Waals surface area contributed by atoms with Crippen LogP contribution in [-0.4, -0.2) is 20.9 Å². The number of rotatable bonds is 7. The predicted molar refractivity (Wildman–Crippen MR) is 98.8 cm³/mol. The van der Waals surface area contributed by atoms with Gasteiger partial charge in [0.15, 0.2) is 0 Å². The Kier molecular flexibility index (Phi) is 5.94. The van der Waals surface area contributed by atoms with Gasteiger partial charge in [-0.1, -0.05) is 34.6 Å². The Morgan fingerprint density at radius 2 is 2.10 bits per heavy atom. The van der Waals surface area contributed by atoms with E-state index in [1.54, 1.807) is 18.4 Å². The van der Waals surface area contributed by atoms with Crippen molar-refractivity contribution < 1.29 is 4.74 Å². The van der Waals surface area contributed by atoms with Crippen LogP contribution in [-0.2, 0) is 11.2 Å². The van der Waals surface area contributed by atoms with Crippen LogP contribution >= 0.6 is 27.3 Å². The summed E-state index contributed by atoms with van der Waals surface area (Å²) in [6.07, 6.45) is 2.14. The van der Waals surface area contributed by atoms with Gasteiger partial charge < -0.3 is 10.1 Å². The Bertz CT molecular complexity index is 597. The normalized spacial score (nSPS) is 11.9. The zero-order valence-corrected chi connectivity index (χ0v) is 14.8. The van der Waals surface area contributed by atoms with Crippen molar-refractivity contribution >= 4 is 46.6 Å². The first-order chi connectivity index (χ1) is 10.1. The van der Waals surface area contributed by atoms with E-state index in [4.69, 9.17) is 4.74 Å². The van der Waals surface area contributed by atoms with Crippen LogP contribution < -0.4 is 5.32 Å². The molecule has 2 aromatic rings. The number of aryl methyl sites for hydroxylation is 1. The molecule has 0 aliphatic rings. The SMILES string of the molecule is BC(CCc1ccc(Br)cc1)Nc1ccsc1C(=C)OC. The maximum absolute atomic E-state index is 5.23. The van der Waals surface area contributed by atoms with E-state index in [0.717, 1.165) is 27.9 Å². The van der Waals surface area contributed by atoms with Crippen molar-refractivity contribution in [2.75, 3.05) is 12.4 Å². The number of halogens is 1. The van der Waals surface area contributed by atoms with Crippen molar-refractivity contribution in [3.05, 3.63) is 57.2 Å². The fraction of sp³-hybridized carbons (Fsp3) is 0.250. The first-order valence-corrected chi connectivity index (χ1v) is 8.59. The van der Waals surface area contributed by atoms with E-state index in [-0.39, 0.29) is 0 Å². The Labute approximate surface area is 139 Å². The molecule has 1 N–H and O–H groups in total. The summed E-state index contributed by atoms with van der Waals surface area (Å²) in [6.45, 7) is 3.93. The second-order valence-corrected chi connectivity index (χ2v) is 6.83. The molecule has 0 aliphatic heterocycles. The fourth-order valence-corrected chi connectivity index (χ4v) is 3.18. The summed E-state index contributed by atoms with van der Waals surface area (Å²) in [5.74, 6) is 1.11. The topological polar surface area (TPSA) is 21.3 Å². The number of ether oxygens (including phenoxy) is 1. The highest BCUT2D eigenvalue weighted by molar-refractivity contribution is 9.10. The van der Waals surface area contributed by atoms with E-state index in [1.165, 1.54) is 5.56 Å². The van der Waals surface area contributed by atoms with Gasteiger partial charge in [0.05, 0.1) is 17.7 Å². The van der Waals surface area contributed by atoms with Crippen LogP contribution in [0.5, 0.6) is 0 Å². The van der Waals surface area contributed by atoms with Crippen LogP contribution in [0.2, 0.25) is 0 Å². The monoisotopic (exact) mass is 363 g/mol. The number of benzene rings is 1. The van der Waals surface area contributed by atoms with E-state index >= 15 is 0 Å². The number of methoxy groups -OCH3 is 1. The highest BCUT2D eigenvalue weighted by atomic mass is 79.9. The lowest BCUT2D eigenvalue weighted by atomic mass is 9.90. The second-order valence-electron chi connectivity index (χ2n) is 5.00. The minimum atomic E-state index is 0.395. The van der Waals surface area contributed by atoms with Crippen LogP contribution in [0.3, 0.4) is 0 Å². The van der Waals surface area contributed by atoms with Crippen LogP contribution in [0.4, 0.5) is 5.69 Å². The van der Waals surface area contributed by atoms with Gasteiger partial charge in [-0.3, -0.25) is 0 Å². The molecule has 110 valence electrons. The number of nitrogens with one attached hydrogen (secondary N) is 1. The van der Waals surface area contributed by atoms with Gasteiger partial charge in [0, 0.05) is 4.47 Å². The maximum Gasteiger partial charge on any atom is 0.130 e. The molecule has 2 nitrogen and oxygen atoms in total. The summed E-state index contributed by atoms with van der Waals surface area (Å²) in [5, 5.41) is 5.61. The third kappa shape index (κ3) is 4.65. The number of hydrogen-bond acceptors (Lipinski definition) is 3. The van der Waals surface area contributed by atoms with Crippen molar-refractivity contribution in [1.82, 2.24) is 0 Å². The first kappa shape index (κ1) is 16.2. The van der Waals surface area contributed by atoms with Gasteiger partial charge in [-0.15, -0.1) is 11.3 Å². The highest BCUT2D eigenvalue weighted by Crippen LogP contribution is 2.29. The zero-order chi connectivity index (χ0) is 15.2. The molecule has 0 fully saturated rings. The minimum absolute atomic E-state index is 0.395. The molecule has 0 amide bonds. The lowest BCUT2D eigenvalue weighted by molar-refractivity contribution is 0.373. The molecule has 21 heavy (non-hydrogen) atoms. The molecule has 0 aliphatic carbocycles. The number of hydrogen-bond donors (Lipinski definition) is 1. The van der Waals surface area contributed by atoms with Gasteiger partial charge >= 0.3 is 0 Å². The van der Waals surface area contributed by atoms with Gasteiger partial charge in [0.2, 0.25) is 0 Å². The molecule has 0 saturated heterocycles. The van der Waals surface area contributed by atoms with E-state index in [1.807, 2.05) is 0 Å². The van der Waals surface area contributed by atoms with Crippen molar-refractivity contribution in [2.24, 2.45) is 0 Å². The zero-order valence-electron chi connectivity index (χ0n) is 12.4. The average Bonchev–Trinajstić information content (AvgIpc) is 2.94. The van der Waals surface area contributed by atoms with Crippen LogP contribution in [0, 0.1) is 0 Å². The van der Waals surface area contributed by atoms with Crippen LogP contribution in [0.25, 0.3) is 5.76 Å². The van der Waals surface area contributed by atoms with Gasteiger partial charge in [-0.05, 0) is 47.9 Å². The molecule has 0 spiro atoms. The smallest absolute Gasteiger partial charge is 0.130 e. The number of thiophene rings is 1. The minimum Gasteiger partial charge on any atom is -0.496 e. The van der Waals surface area contributed by atoms with Crippen molar-refractivity contribution in [2.45, 2.75) is 18.8 Å². The highest BCUT2D eigenvalue weighted by Gasteiger charge is 2.11. The molecule has 0 radical (unpaired) electrons. The molecule has 2 rings (SSSR count). The number of anilines is 1. The molecule has 1 aromatic carbocycles. The quantitative estimate of drug-likeness (QED) is 0.589. The summed E-state index contributed by atoms with van der Waals surface area (Å²) in [4.78, 5) is 1.08. The van der Waals surface area contributed by atoms with Crippen molar-refractivity contribution in [1.29, 1.82) is 0 Å². The van der Waals surface area contributed by atoms with Gasteiger partial charge in [0.25, 0.3) is 0 Å². The van der Waals surface area contributed by atoms with Crippen molar-refractivity contribution in [3.63, 3.8) is 0 Å². The lowest BCUT2D eigenvalue weighted by Crippen LogP contribution is -2.20. The van der Waals surface area contributed by atoms with Gasteiger partial charge in [-0.2, -0.15) is 0 Å². The summed E-state index contributed by atoms with van der Waals surface area (Å²) < 4.78 is 6.35. The summed E-state index contributed by atoms with van der Waals surface area (Å²) in [5.41, 5.74) is 2.47. The summed E-state index contributed by atoms with van der Waals surface area (Å²) in [7, 11) is 3.86. The Morgan fingerprint density at radius 1 is 1.38 bits per heavy atom. The molecule has 1 atom stereocenters. The molecule has 0 saturated carbocycles. The van der Waals surface area contributed by atoms with Gasteiger partial charge in [-0.25, -0.2) is 0 Å². The maximum atomic E-state index is 5.23. The molecule has 1 unspecified atom stereocenters. The predicted octanol–water partition coefficient (Wildman–Crippen LogP) is 4.13. The van der Waals surface area contributed by atoms with E-state index < -0.39 is 0 Å². The van der Waals surface area contributed by atoms with Crippen LogP contribution in [0.15, 0.2) is 46.8 Å². The van der Waals surface area contributed by atoms with Crippen molar-refractivity contribution in [3.8, 4) is 0 Å². The summed E-state index contributed by atoms with van der Waals surface area (Å²) in [6, 6.07) is 10.6. The van der Waals surface area contributed by atoms with Crippen LogP contribution in [0.1, 0.15) is 16.9 Å². The molecule has 5 heteroatoms. The Hall–Kier alpha value is -1.20. The molecule has 0 bridgehead atoms. The molecular formula is C16H19BBrNOS. The fourth-order valence-electron chi connectivity index (χ4n) is 2.10. The Morgan fingerprint density at radius 3 is 2.76 bits per heavy atom. The molecule has 1 heterocycles. The van der Waals surface area contributed by atoms with E-state index in [0.29, 0.717) is 11.7 Å². The summed E-state index contributed by atoms with van der Waals surface area (Å²) >= 11 is 5.11. The second kappa shape index (κ2) is 7.71. The van der Waals surface area contributed by atoms with E-state index in [9.17, 15) is 0 Å². The standard InChI is InChI=1S/C16H19BBrNOS/c1-11(20-2)16-14(9-10-21-16)19-15(17)8-5-12-3-6-13(18)7-4-12/h3-4,6-7,9-10,15,19H,1,5,8,17H2,2H3. The Balaban J connectivity index is 1.90. The third-order valence-electron chi connectivity index (χ3n) is 3.35. The average molecular weight is 364 g/mol.